The molecule has 110 valence electrons. The molecule has 0 aliphatic carbocycles. The van der Waals surface area contributed by atoms with E-state index in [-0.39, 0.29) is 11.6 Å². The highest BCUT2D eigenvalue weighted by Crippen LogP contribution is 2.17. The molecule has 0 saturated carbocycles. The third kappa shape index (κ3) is 4.69. The number of ketones is 1. The first kappa shape index (κ1) is 15.1. The van der Waals surface area contributed by atoms with Crippen LogP contribution < -0.4 is 0 Å². The molecule has 0 aromatic heterocycles. The number of halogens is 1. The molecule has 0 amide bonds. The van der Waals surface area contributed by atoms with Crippen molar-refractivity contribution in [3.63, 3.8) is 0 Å². The zero-order valence-electron chi connectivity index (χ0n) is 12.0. The van der Waals surface area contributed by atoms with E-state index in [1.807, 2.05) is 0 Å². The Bertz CT molecular complexity index is 425. The van der Waals surface area contributed by atoms with Crippen LogP contribution in [0.2, 0.25) is 0 Å². The van der Waals surface area contributed by atoms with E-state index in [2.05, 4.69) is 4.90 Å². The molecule has 2 rings (SSSR count). The first-order chi connectivity index (χ1) is 9.67. The number of Topliss-reactive ketones (excluding diaryl/α,β-unsaturated/α-hetero) is 1. The largest absolute Gasteiger partial charge is 0.384 e. The lowest BCUT2D eigenvalue weighted by Gasteiger charge is -2.31. The summed E-state index contributed by atoms with van der Waals surface area (Å²) >= 11 is 0. The SMILES string of the molecule is COCC1CCN(CC(=O)Cc2ccc(F)cc2)CC1. The molecule has 0 atom stereocenters. The van der Waals surface area contributed by atoms with E-state index in [9.17, 15) is 9.18 Å². The topological polar surface area (TPSA) is 29.5 Å². The maximum atomic E-state index is 12.8. The van der Waals surface area contributed by atoms with Crippen molar-refractivity contribution >= 4 is 5.78 Å². The number of methoxy groups -OCH3 is 1. The van der Waals surface area contributed by atoms with Gasteiger partial charge in [0.25, 0.3) is 0 Å². The molecule has 1 aliphatic rings. The Morgan fingerprint density at radius 3 is 2.55 bits per heavy atom. The second-order valence-electron chi connectivity index (χ2n) is 5.52. The van der Waals surface area contributed by atoms with Crippen molar-refractivity contribution in [2.24, 2.45) is 5.92 Å². The van der Waals surface area contributed by atoms with E-state index in [0.29, 0.717) is 18.9 Å². The Morgan fingerprint density at radius 2 is 1.95 bits per heavy atom. The lowest BCUT2D eigenvalue weighted by Crippen LogP contribution is -2.38. The summed E-state index contributed by atoms with van der Waals surface area (Å²) < 4.78 is 18.0. The van der Waals surface area contributed by atoms with Crippen molar-refractivity contribution in [3.05, 3.63) is 35.6 Å². The second kappa shape index (κ2) is 7.50. The highest BCUT2D eigenvalue weighted by Gasteiger charge is 2.20. The van der Waals surface area contributed by atoms with Crippen LogP contribution in [-0.4, -0.2) is 44.0 Å². The molecule has 0 bridgehead atoms. The molecule has 1 saturated heterocycles. The second-order valence-corrected chi connectivity index (χ2v) is 5.52. The molecule has 1 aromatic rings. The average molecular weight is 279 g/mol. The minimum Gasteiger partial charge on any atom is -0.384 e. The van der Waals surface area contributed by atoms with Crippen molar-refractivity contribution in [2.75, 3.05) is 33.4 Å². The number of hydrogen-bond donors (Lipinski definition) is 0. The smallest absolute Gasteiger partial charge is 0.151 e. The maximum Gasteiger partial charge on any atom is 0.151 e. The minimum absolute atomic E-state index is 0.196. The third-order valence-corrected chi connectivity index (χ3v) is 3.82. The van der Waals surface area contributed by atoms with Crippen molar-refractivity contribution < 1.29 is 13.9 Å². The number of piperidine rings is 1. The molecular formula is C16H22FNO2. The summed E-state index contributed by atoms with van der Waals surface area (Å²) in [5.74, 6) is 0.562. The molecule has 0 unspecified atom stereocenters. The summed E-state index contributed by atoms with van der Waals surface area (Å²) in [6, 6.07) is 6.16. The van der Waals surface area contributed by atoms with E-state index in [1.165, 1.54) is 12.1 Å². The molecule has 1 fully saturated rings. The van der Waals surface area contributed by atoms with Crippen molar-refractivity contribution in [1.82, 2.24) is 4.90 Å². The highest BCUT2D eigenvalue weighted by atomic mass is 19.1. The Hall–Kier alpha value is -1.26. The van der Waals surface area contributed by atoms with Crippen LogP contribution >= 0.6 is 0 Å². The summed E-state index contributed by atoms with van der Waals surface area (Å²) in [4.78, 5) is 14.2. The Kier molecular flexibility index (Phi) is 5.68. The fraction of sp³-hybridized carbons (Fsp3) is 0.562. The van der Waals surface area contributed by atoms with E-state index < -0.39 is 0 Å². The fourth-order valence-electron chi connectivity index (χ4n) is 2.68. The zero-order valence-corrected chi connectivity index (χ0v) is 12.0. The third-order valence-electron chi connectivity index (χ3n) is 3.82. The monoisotopic (exact) mass is 279 g/mol. The molecule has 20 heavy (non-hydrogen) atoms. The van der Waals surface area contributed by atoms with Gasteiger partial charge in [-0.2, -0.15) is 0 Å². The Labute approximate surface area is 119 Å². The number of hydrogen-bond acceptors (Lipinski definition) is 3. The van der Waals surface area contributed by atoms with Crippen LogP contribution in [0.15, 0.2) is 24.3 Å². The van der Waals surface area contributed by atoms with Crippen LogP contribution in [0.5, 0.6) is 0 Å². The van der Waals surface area contributed by atoms with E-state index in [4.69, 9.17) is 4.74 Å². The van der Waals surface area contributed by atoms with Crippen LogP contribution in [-0.2, 0) is 16.0 Å². The number of ether oxygens (including phenoxy) is 1. The Balaban J connectivity index is 1.74. The minimum atomic E-state index is -0.263. The normalized spacial score (nSPS) is 17.3. The van der Waals surface area contributed by atoms with E-state index in [0.717, 1.165) is 38.1 Å². The van der Waals surface area contributed by atoms with Gasteiger partial charge in [0, 0.05) is 20.1 Å². The van der Waals surface area contributed by atoms with E-state index in [1.54, 1.807) is 19.2 Å². The van der Waals surface area contributed by atoms with E-state index >= 15 is 0 Å². The van der Waals surface area contributed by atoms with Crippen LogP contribution in [0.3, 0.4) is 0 Å². The van der Waals surface area contributed by atoms with Gasteiger partial charge in [0.1, 0.15) is 5.82 Å². The summed E-state index contributed by atoms with van der Waals surface area (Å²) in [5.41, 5.74) is 0.880. The molecule has 1 aliphatic heterocycles. The van der Waals surface area contributed by atoms with Gasteiger partial charge >= 0.3 is 0 Å². The van der Waals surface area contributed by atoms with Crippen LogP contribution in [0.1, 0.15) is 18.4 Å². The first-order valence-corrected chi connectivity index (χ1v) is 7.15. The van der Waals surface area contributed by atoms with Crippen molar-refractivity contribution in [1.29, 1.82) is 0 Å². The first-order valence-electron chi connectivity index (χ1n) is 7.15. The molecule has 3 nitrogen and oxygen atoms in total. The van der Waals surface area contributed by atoms with Gasteiger partial charge in [0.2, 0.25) is 0 Å². The van der Waals surface area contributed by atoms with Gasteiger partial charge in [-0.05, 0) is 49.5 Å². The standard InChI is InChI=1S/C16H22FNO2/c1-20-12-14-6-8-18(9-7-14)11-16(19)10-13-2-4-15(17)5-3-13/h2-5,14H,6-12H2,1H3. The number of carbonyl (C=O) groups is 1. The molecule has 0 N–H and O–H groups in total. The number of likely N-dealkylation sites (tertiary alicyclic amines) is 1. The highest BCUT2D eigenvalue weighted by molar-refractivity contribution is 5.82. The van der Waals surface area contributed by atoms with Gasteiger partial charge in [-0.1, -0.05) is 12.1 Å². The van der Waals surface area contributed by atoms with Crippen LogP contribution in [0.25, 0.3) is 0 Å². The lowest BCUT2D eigenvalue weighted by atomic mass is 9.97. The van der Waals surface area contributed by atoms with Gasteiger partial charge in [0.15, 0.2) is 5.78 Å². The van der Waals surface area contributed by atoms with Crippen LogP contribution in [0, 0.1) is 11.7 Å². The molecular weight excluding hydrogens is 257 g/mol. The van der Waals surface area contributed by atoms with Gasteiger partial charge in [0.05, 0.1) is 6.54 Å². The molecule has 4 heteroatoms. The average Bonchev–Trinajstić information content (AvgIpc) is 2.44. The molecule has 1 aromatic carbocycles. The quantitative estimate of drug-likeness (QED) is 0.800. The predicted molar refractivity (Wildman–Crippen MR) is 76.2 cm³/mol. The summed E-state index contributed by atoms with van der Waals surface area (Å²) in [7, 11) is 1.73. The predicted octanol–water partition coefficient (Wildman–Crippen LogP) is 2.30. The Morgan fingerprint density at radius 1 is 1.30 bits per heavy atom. The van der Waals surface area contributed by atoms with Crippen molar-refractivity contribution in [3.8, 4) is 0 Å². The maximum absolute atomic E-state index is 12.8. The van der Waals surface area contributed by atoms with Gasteiger partial charge in [-0.15, -0.1) is 0 Å². The van der Waals surface area contributed by atoms with Gasteiger partial charge < -0.3 is 4.74 Å². The molecule has 0 spiro atoms. The van der Waals surface area contributed by atoms with Gasteiger partial charge in [-0.3, -0.25) is 9.69 Å². The number of carbonyl (C=O) groups excluding carboxylic acids is 1. The summed E-state index contributed by atoms with van der Waals surface area (Å²) in [6.45, 7) is 3.24. The zero-order chi connectivity index (χ0) is 14.4. The summed E-state index contributed by atoms with van der Waals surface area (Å²) in [6.07, 6.45) is 2.58. The molecule has 1 heterocycles. The fourth-order valence-corrected chi connectivity index (χ4v) is 2.68. The van der Waals surface area contributed by atoms with Crippen LogP contribution in [0.4, 0.5) is 4.39 Å². The summed E-state index contributed by atoms with van der Waals surface area (Å²) in [5, 5.41) is 0. The van der Waals surface area contributed by atoms with Crippen molar-refractivity contribution in [2.45, 2.75) is 19.3 Å². The number of benzene rings is 1. The molecule has 0 radical (unpaired) electrons. The number of rotatable bonds is 6. The lowest BCUT2D eigenvalue weighted by molar-refractivity contribution is -0.120. The number of nitrogens with zero attached hydrogens (tertiary/aromatic N) is 1. The van der Waals surface area contributed by atoms with Gasteiger partial charge in [-0.25, -0.2) is 4.39 Å².